The van der Waals surface area contributed by atoms with Crippen molar-refractivity contribution in [3.63, 3.8) is 0 Å². The minimum atomic E-state index is 0.408. The summed E-state index contributed by atoms with van der Waals surface area (Å²) >= 11 is 0. The van der Waals surface area contributed by atoms with Gasteiger partial charge in [-0.2, -0.15) is 0 Å². The van der Waals surface area contributed by atoms with Gasteiger partial charge in [0.1, 0.15) is 0 Å². The summed E-state index contributed by atoms with van der Waals surface area (Å²) < 4.78 is 6.44. The van der Waals surface area contributed by atoms with Gasteiger partial charge in [0.15, 0.2) is 0 Å². The molecule has 2 N–H and O–H groups in total. The standard InChI is InChI=1S/C6H10N2O/c1-5-6(2-3-9)8-4-7-5/h4,9H,2-3H2,1H3,(H,7,8)/i9T. The third kappa shape index (κ3) is 1.29. The second-order valence-corrected chi connectivity index (χ2v) is 1.93. The summed E-state index contributed by atoms with van der Waals surface area (Å²) in [6.45, 7) is 2.36. The fourth-order valence-electron chi connectivity index (χ4n) is 0.736. The monoisotopic (exact) mass is 128 g/mol. The first-order valence-electron chi connectivity index (χ1n) is 3.32. The molecule has 1 aromatic rings. The van der Waals surface area contributed by atoms with Crippen molar-refractivity contribution < 1.29 is 5.11 Å². The molecule has 0 saturated carbocycles. The molecule has 50 valence electrons. The Bertz CT molecular complexity index is 199. The highest BCUT2D eigenvalue weighted by atomic mass is 16.3. The van der Waals surface area contributed by atoms with E-state index in [0.717, 1.165) is 11.4 Å². The molecule has 0 aliphatic carbocycles. The van der Waals surface area contributed by atoms with Gasteiger partial charge in [0.25, 0.3) is 0 Å². The maximum Gasteiger partial charge on any atom is 0.210 e. The van der Waals surface area contributed by atoms with Crippen LogP contribution in [0, 0.1) is 6.92 Å². The highest BCUT2D eigenvalue weighted by molar-refractivity contribution is 5.08. The molecular weight excluding hydrogens is 116 g/mol. The molecule has 3 heteroatoms. The van der Waals surface area contributed by atoms with E-state index in [1.807, 2.05) is 6.92 Å². The normalized spacial score (nSPS) is 11.4. The van der Waals surface area contributed by atoms with Gasteiger partial charge in [-0.25, -0.2) is 4.98 Å². The summed E-state index contributed by atoms with van der Waals surface area (Å²) in [5.74, 6) is 0. The number of rotatable bonds is 3. The summed E-state index contributed by atoms with van der Waals surface area (Å²) in [7, 11) is 0. The smallest absolute Gasteiger partial charge is 0.210 e. The Morgan fingerprint density at radius 1 is 2.00 bits per heavy atom. The number of nitrogens with zero attached hydrogens (tertiary/aromatic N) is 1. The molecule has 0 fully saturated rings. The van der Waals surface area contributed by atoms with E-state index < -0.39 is 0 Å². The van der Waals surface area contributed by atoms with Crippen LogP contribution >= 0.6 is 0 Å². The number of aliphatic hydroxyl groups excluding tert-OH is 1. The van der Waals surface area contributed by atoms with Crippen molar-refractivity contribution in [2.24, 2.45) is 0 Å². The molecule has 0 atom stereocenters. The van der Waals surface area contributed by atoms with Gasteiger partial charge < -0.3 is 10.1 Å². The molecule has 0 saturated heterocycles. The van der Waals surface area contributed by atoms with E-state index in [2.05, 4.69) is 15.1 Å². The topological polar surface area (TPSA) is 48.9 Å². The zero-order valence-corrected chi connectivity index (χ0v) is 5.35. The van der Waals surface area contributed by atoms with Crippen molar-refractivity contribution in [3.8, 4) is 0 Å². The Balaban J connectivity index is 2.49. The van der Waals surface area contributed by atoms with Crippen molar-refractivity contribution >= 4 is 0 Å². The number of hydrogen-bond acceptors (Lipinski definition) is 2. The third-order valence-corrected chi connectivity index (χ3v) is 1.27. The van der Waals surface area contributed by atoms with E-state index in [0.29, 0.717) is 13.0 Å². The van der Waals surface area contributed by atoms with E-state index >= 15 is 0 Å². The number of imidazole rings is 1. The van der Waals surface area contributed by atoms with E-state index in [9.17, 15) is 0 Å². The Kier molecular flexibility index (Phi) is 1.46. The Labute approximate surface area is 55.2 Å². The van der Waals surface area contributed by atoms with Crippen molar-refractivity contribution in [3.05, 3.63) is 17.7 Å². The maximum absolute atomic E-state index is 6.44. The number of hydrogen-bond donors (Lipinski definition) is 2. The van der Waals surface area contributed by atoms with Crippen molar-refractivity contribution in [2.75, 3.05) is 6.61 Å². The van der Waals surface area contributed by atoms with Crippen molar-refractivity contribution in [1.82, 2.24) is 9.97 Å². The molecule has 1 rings (SSSR count). The second-order valence-electron chi connectivity index (χ2n) is 1.93. The van der Waals surface area contributed by atoms with Crippen LogP contribution in [0.25, 0.3) is 0 Å². The maximum atomic E-state index is 6.44. The summed E-state index contributed by atoms with van der Waals surface area (Å²) in [6.07, 6.45) is 2.35. The summed E-state index contributed by atoms with van der Waals surface area (Å²) in [5.41, 5.74) is 2.03. The molecule has 0 bridgehead atoms. The van der Waals surface area contributed by atoms with Gasteiger partial charge >= 0.3 is 0 Å². The van der Waals surface area contributed by atoms with Gasteiger partial charge in [0.05, 0.1) is 12.0 Å². The predicted octanol–water partition coefficient (Wildman–Crippen LogP) is 0.253. The summed E-state index contributed by atoms with van der Waals surface area (Å²) in [5, 5.41) is 4.17. The average molecular weight is 128 g/mol. The number of aromatic amines is 1. The molecule has 0 amide bonds. The second kappa shape index (κ2) is 2.64. The quantitative estimate of drug-likeness (QED) is 0.613. The number of aliphatic hydroxyl groups is 1. The molecule has 1 aromatic heterocycles. The highest BCUT2D eigenvalue weighted by Crippen LogP contribution is 1.99. The van der Waals surface area contributed by atoms with Crippen molar-refractivity contribution in [2.45, 2.75) is 13.3 Å². The molecule has 1 heterocycles. The van der Waals surface area contributed by atoms with E-state index in [1.54, 1.807) is 6.33 Å². The van der Waals surface area contributed by atoms with E-state index in [1.165, 1.54) is 0 Å². The lowest BCUT2D eigenvalue weighted by Crippen LogP contribution is -1.92. The zero-order chi connectivity index (χ0) is 7.40. The molecular formula is C6H10N2O. The molecule has 0 aromatic carbocycles. The molecule has 0 radical (unpaired) electrons. The molecule has 0 aliphatic heterocycles. The van der Waals surface area contributed by atoms with Crippen LogP contribution in [-0.2, 0) is 6.42 Å². The number of aryl methyl sites for hydroxylation is 1. The van der Waals surface area contributed by atoms with Crippen LogP contribution in [0.5, 0.6) is 0 Å². The molecule has 0 aliphatic rings. The fourth-order valence-corrected chi connectivity index (χ4v) is 0.736. The van der Waals surface area contributed by atoms with Gasteiger partial charge in [-0.3, -0.25) is 0 Å². The molecule has 0 unspecified atom stereocenters. The van der Waals surface area contributed by atoms with Crippen LogP contribution in [0.15, 0.2) is 6.33 Å². The molecule has 3 nitrogen and oxygen atoms in total. The van der Waals surface area contributed by atoms with Crippen LogP contribution in [0.2, 0.25) is 0 Å². The van der Waals surface area contributed by atoms with Gasteiger partial charge in [-0.1, -0.05) is 0 Å². The average Bonchev–Trinajstić information content (AvgIpc) is 2.31. The summed E-state index contributed by atoms with van der Waals surface area (Å²) in [4.78, 5) is 6.98. The van der Waals surface area contributed by atoms with E-state index in [4.69, 9.17) is 1.43 Å². The predicted molar refractivity (Wildman–Crippen MR) is 34.1 cm³/mol. The lowest BCUT2D eigenvalue weighted by atomic mass is 10.3. The lowest BCUT2D eigenvalue weighted by Gasteiger charge is -1.90. The molecule has 0 spiro atoms. The first-order chi connectivity index (χ1) is 4.84. The first kappa shape index (κ1) is 4.99. The zero-order valence-electron chi connectivity index (χ0n) is 6.35. The van der Waals surface area contributed by atoms with Crippen LogP contribution in [0.4, 0.5) is 0 Å². The first-order valence-corrected chi connectivity index (χ1v) is 2.91. The van der Waals surface area contributed by atoms with Crippen LogP contribution < -0.4 is 0 Å². The summed E-state index contributed by atoms with van der Waals surface area (Å²) in [6, 6.07) is 0. The number of nitrogens with one attached hydrogen (secondary N) is 1. The number of H-pyrrole nitrogens is 1. The van der Waals surface area contributed by atoms with Crippen LogP contribution in [0.3, 0.4) is 0 Å². The number of aromatic nitrogens is 2. The van der Waals surface area contributed by atoms with E-state index in [-0.39, 0.29) is 0 Å². The highest BCUT2D eigenvalue weighted by Gasteiger charge is 1.96. The largest absolute Gasteiger partial charge is 0.396 e. The van der Waals surface area contributed by atoms with Gasteiger partial charge in [0, 0.05) is 18.7 Å². The van der Waals surface area contributed by atoms with Gasteiger partial charge in [-0.05, 0) is 6.92 Å². The van der Waals surface area contributed by atoms with Crippen LogP contribution in [0.1, 0.15) is 11.4 Å². The SMILES string of the molecule is [3H]OCCc1nc[nH]c1C. The Morgan fingerprint density at radius 3 is 3.44 bits per heavy atom. The van der Waals surface area contributed by atoms with Gasteiger partial charge in [-0.15, -0.1) is 0 Å². The molecule has 9 heavy (non-hydrogen) atoms. The Hall–Kier alpha value is -0.830. The third-order valence-electron chi connectivity index (χ3n) is 1.27. The lowest BCUT2D eigenvalue weighted by molar-refractivity contribution is 0.298. The Morgan fingerprint density at radius 2 is 2.89 bits per heavy atom. The fraction of sp³-hybridized carbons (Fsp3) is 0.500. The minimum Gasteiger partial charge on any atom is -0.396 e. The van der Waals surface area contributed by atoms with Crippen molar-refractivity contribution in [1.29, 1.82) is 1.43 Å². The minimum absolute atomic E-state index is 0.408. The van der Waals surface area contributed by atoms with Crippen LogP contribution in [-0.4, -0.2) is 23.1 Å². The van der Waals surface area contributed by atoms with Gasteiger partial charge in [0.2, 0.25) is 1.43 Å².